The molecule has 0 aromatic heterocycles. The lowest BCUT2D eigenvalue weighted by Crippen LogP contribution is -2.22. The summed E-state index contributed by atoms with van der Waals surface area (Å²) in [6.07, 6.45) is 2.58. The van der Waals surface area contributed by atoms with E-state index in [0.717, 1.165) is 29.8 Å². The summed E-state index contributed by atoms with van der Waals surface area (Å²) < 4.78 is 68.1. The van der Waals surface area contributed by atoms with Crippen molar-refractivity contribution in [3.63, 3.8) is 0 Å². The number of hydrazone groups is 1. The maximum absolute atomic E-state index is 13.4. The van der Waals surface area contributed by atoms with Crippen molar-refractivity contribution in [2.75, 3.05) is 6.54 Å². The summed E-state index contributed by atoms with van der Waals surface area (Å²) in [7, 11) is -2.03. The van der Waals surface area contributed by atoms with Gasteiger partial charge in [-0.3, -0.25) is 0 Å². The van der Waals surface area contributed by atoms with Crippen molar-refractivity contribution in [3.05, 3.63) is 139 Å². The highest BCUT2D eigenvalue weighted by Gasteiger charge is 2.32. The Morgan fingerprint density at radius 3 is 2.10 bits per heavy atom. The Labute approximate surface area is 231 Å². The fraction of sp³-hybridized carbons (Fsp3) is 0.103. The number of amidine groups is 1. The summed E-state index contributed by atoms with van der Waals surface area (Å²) in [5, 5.41) is 5.72. The second-order valence-corrected chi connectivity index (χ2v) is 9.52. The fourth-order valence-electron chi connectivity index (χ4n) is 3.53. The summed E-state index contributed by atoms with van der Waals surface area (Å²) in [6.45, 7) is 7.22. The Hall–Kier alpha value is -3.82. The van der Waals surface area contributed by atoms with E-state index in [1.807, 2.05) is 42.5 Å². The van der Waals surface area contributed by atoms with Crippen LogP contribution in [0.1, 0.15) is 22.6 Å². The van der Waals surface area contributed by atoms with Crippen molar-refractivity contribution < 1.29 is 21.8 Å². The molecule has 2 unspecified atom stereocenters. The Balaban J connectivity index is 0.000000631. The topological polar surface area (TPSA) is 45.0 Å². The van der Waals surface area contributed by atoms with Gasteiger partial charge in [-0.2, -0.15) is 22.7 Å². The summed E-state index contributed by atoms with van der Waals surface area (Å²) in [5.74, 6) is -0.586. The zero-order valence-corrected chi connectivity index (χ0v) is 22.1. The number of allylic oxidation sites excluding steroid dienone is 4. The normalized spacial score (nSPS) is 16.3. The zero-order chi connectivity index (χ0) is 28.4. The van der Waals surface area contributed by atoms with Crippen molar-refractivity contribution in [2.45, 2.75) is 17.0 Å². The molecule has 0 saturated heterocycles. The van der Waals surface area contributed by atoms with Crippen molar-refractivity contribution in [1.29, 1.82) is 0 Å². The second kappa shape index (κ2) is 13.8. The monoisotopic (exact) mass is 573 g/mol. The number of hydrogen-bond acceptors (Lipinski definition) is 2. The van der Waals surface area contributed by atoms with E-state index in [4.69, 9.17) is 11.6 Å². The van der Waals surface area contributed by atoms with Crippen LogP contribution in [0, 0.1) is 5.82 Å². The second-order valence-electron chi connectivity index (χ2n) is 8.03. The minimum absolute atomic E-state index is 0.0719. The highest BCUT2D eigenvalue weighted by atomic mass is 35.5. The number of alkyl halides is 3. The van der Waals surface area contributed by atoms with E-state index < -0.39 is 22.7 Å². The standard InChI is InChI=1S/C23H16ClF4N3OS.C6H8/c24-22(30-33(32)19-12-8-17(9-13-19)23(26,27)28)31-14-20(15-4-2-1-3-5-15)21(29-31)16-6-10-18(25)11-7-16;1-3-5-6-4-2/h1-13,20H,14H2;3-6H,1-2H2/b30-22+;6-5-. The molecule has 0 fully saturated rings. The van der Waals surface area contributed by atoms with Gasteiger partial charge in [-0.1, -0.05) is 79.9 Å². The van der Waals surface area contributed by atoms with Gasteiger partial charge in [0.25, 0.3) is 0 Å². The first-order valence-corrected chi connectivity index (χ1v) is 13.0. The van der Waals surface area contributed by atoms with E-state index in [-0.39, 0.29) is 21.9 Å². The predicted octanol–water partition coefficient (Wildman–Crippen LogP) is 7.88. The van der Waals surface area contributed by atoms with Crippen LogP contribution in [-0.2, 0) is 17.2 Å². The van der Waals surface area contributed by atoms with Gasteiger partial charge in [0.1, 0.15) is 5.82 Å². The molecule has 3 aromatic carbocycles. The van der Waals surface area contributed by atoms with Crippen LogP contribution in [0.4, 0.5) is 17.6 Å². The third kappa shape index (κ3) is 8.33. The molecule has 39 heavy (non-hydrogen) atoms. The van der Waals surface area contributed by atoms with Crippen molar-refractivity contribution in [3.8, 4) is 0 Å². The number of rotatable bonds is 6. The smallest absolute Gasteiger partial charge is 0.236 e. The molecule has 0 amide bonds. The highest BCUT2D eigenvalue weighted by molar-refractivity contribution is 7.84. The Bertz CT molecular complexity index is 1380. The van der Waals surface area contributed by atoms with Crippen molar-refractivity contribution in [2.24, 2.45) is 9.50 Å². The number of benzene rings is 3. The summed E-state index contributed by atoms with van der Waals surface area (Å²) in [5.41, 5.74) is 1.43. The van der Waals surface area contributed by atoms with E-state index in [1.54, 1.807) is 24.3 Å². The van der Waals surface area contributed by atoms with Crippen LogP contribution in [0.5, 0.6) is 0 Å². The quantitative estimate of drug-likeness (QED) is 0.0990. The number of halogens is 5. The van der Waals surface area contributed by atoms with Crippen LogP contribution < -0.4 is 0 Å². The maximum Gasteiger partial charge on any atom is 0.416 e. The largest absolute Gasteiger partial charge is 0.416 e. The van der Waals surface area contributed by atoms with Crippen LogP contribution in [0.15, 0.2) is 131 Å². The Kier molecular flexibility index (Phi) is 10.5. The number of hydrogen-bond donors (Lipinski definition) is 0. The molecule has 2 atom stereocenters. The molecule has 0 bridgehead atoms. The van der Waals surface area contributed by atoms with Gasteiger partial charge in [0.05, 0.1) is 22.7 Å². The van der Waals surface area contributed by atoms with Gasteiger partial charge >= 0.3 is 6.18 Å². The molecule has 4 rings (SSSR count). The first-order valence-electron chi connectivity index (χ1n) is 11.5. The van der Waals surface area contributed by atoms with Gasteiger partial charge in [0, 0.05) is 5.92 Å². The summed E-state index contributed by atoms with van der Waals surface area (Å²) in [6, 6.07) is 19.3. The zero-order valence-electron chi connectivity index (χ0n) is 20.6. The lowest BCUT2D eigenvalue weighted by molar-refractivity contribution is -0.137. The molecule has 1 aliphatic heterocycles. The molecule has 4 nitrogen and oxygen atoms in total. The maximum atomic E-state index is 13.4. The minimum Gasteiger partial charge on any atom is -0.236 e. The molecule has 1 heterocycles. The minimum atomic E-state index is -4.49. The van der Waals surface area contributed by atoms with Crippen LogP contribution >= 0.6 is 11.6 Å². The van der Waals surface area contributed by atoms with Crippen molar-refractivity contribution >= 4 is 33.6 Å². The van der Waals surface area contributed by atoms with Crippen LogP contribution in [0.2, 0.25) is 0 Å². The molecule has 1 aliphatic rings. The average molecular weight is 574 g/mol. The SMILES string of the molecule is C=C/C=C\C=C.O=S(/N=C(\Cl)N1CC(c2ccccc2)C(c2ccc(F)cc2)=N1)c1ccc(C(F)(F)F)cc1. The van der Waals surface area contributed by atoms with E-state index in [1.165, 1.54) is 17.1 Å². The lowest BCUT2D eigenvalue weighted by Gasteiger charge is -2.15. The predicted molar refractivity (Wildman–Crippen MR) is 150 cm³/mol. The third-order valence-electron chi connectivity index (χ3n) is 5.39. The van der Waals surface area contributed by atoms with Gasteiger partial charge in [-0.25, -0.2) is 13.6 Å². The molecule has 0 N–H and O–H groups in total. The Morgan fingerprint density at radius 1 is 0.974 bits per heavy atom. The Morgan fingerprint density at radius 2 is 1.56 bits per heavy atom. The fourth-order valence-corrected chi connectivity index (χ4v) is 4.53. The molecular weight excluding hydrogens is 550 g/mol. The van der Waals surface area contributed by atoms with Gasteiger partial charge in [0.2, 0.25) is 5.29 Å². The molecule has 0 saturated carbocycles. The molecule has 10 heteroatoms. The van der Waals surface area contributed by atoms with E-state index in [9.17, 15) is 21.8 Å². The van der Waals surface area contributed by atoms with Gasteiger partial charge in [-0.15, -0.1) is 0 Å². The molecule has 202 valence electrons. The summed E-state index contributed by atoms with van der Waals surface area (Å²) >= 11 is 6.30. The van der Waals surface area contributed by atoms with Crippen LogP contribution in [0.25, 0.3) is 0 Å². The molecular formula is C29H24ClF4N3OS. The summed E-state index contributed by atoms with van der Waals surface area (Å²) in [4.78, 5) is 0.0719. The van der Waals surface area contributed by atoms with Crippen molar-refractivity contribution in [1.82, 2.24) is 5.01 Å². The van der Waals surface area contributed by atoms with Crippen LogP contribution in [-0.4, -0.2) is 26.8 Å². The highest BCUT2D eigenvalue weighted by Crippen LogP contribution is 2.31. The molecule has 0 radical (unpaired) electrons. The first kappa shape index (κ1) is 29.7. The molecule has 0 spiro atoms. The van der Waals surface area contributed by atoms with E-state index in [2.05, 4.69) is 22.7 Å². The van der Waals surface area contributed by atoms with Crippen LogP contribution in [0.3, 0.4) is 0 Å². The van der Waals surface area contributed by atoms with Gasteiger partial charge in [0.15, 0.2) is 11.0 Å². The lowest BCUT2D eigenvalue weighted by atomic mass is 9.91. The third-order valence-corrected chi connectivity index (χ3v) is 6.79. The van der Waals surface area contributed by atoms with E-state index in [0.29, 0.717) is 17.8 Å². The van der Waals surface area contributed by atoms with Gasteiger partial charge in [-0.05, 0) is 59.1 Å². The first-order chi connectivity index (χ1) is 18.6. The molecule has 0 aliphatic carbocycles. The van der Waals surface area contributed by atoms with E-state index >= 15 is 0 Å². The average Bonchev–Trinajstić information content (AvgIpc) is 3.38. The molecule has 3 aromatic rings. The number of nitrogens with zero attached hydrogens (tertiary/aromatic N) is 3. The van der Waals surface area contributed by atoms with Gasteiger partial charge < -0.3 is 0 Å².